The SMILES string of the molecule is BBB(B)B(B(B)B)c1c(C)c(C)c(C)c2c(-c3c(C)c(C)c(C)c4c(-c5c(C)c(C)c(C)c6c(C)c(C)c(C)c(C)c56)c5c(C)c(C)c(C)c(C)c5c(C)c34)c(B(B)B)c(BB)c(B)c12. The molecule has 66 heavy (non-hydrogen) atoms. The van der Waals surface area contributed by atoms with E-state index in [0.717, 1.165) is 7.17 Å². The van der Waals surface area contributed by atoms with E-state index < -0.39 is 0 Å². The van der Waals surface area contributed by atoms with Gasteiger partial charge in [0.25, 0.3) is 0 Å². The van der Waals surface area contributed by atoms with Crippen LogP contribution >= 0.6 is 0 Å². The van der Waals surface area contributed by atoms with Gasteiger partial charge in [-0.2, -0.15) is 0 Å². The van der Waals surface area contributed by atoms with Gasteiger partial charge in [-0.15, -0.1) is 5.46 Å². The van der Waals surface area contributed by atoms with Crippen LogP contribution in [0.3, 0.4) is 0 Å². The normalized spacial score (nSPS) is 11.7. The predicted molar refractivity (Wildman–Crippen MR) is 337 cm³/mol. The Morgan fingerprint density at radius 1 is 0.318 bits per heavy atom. The molecule has 0 aliphatic rings. The van der Waals surface area contributed by atoms with Crippen LogP contribution in [0.1, 0.15) is 100 Å². The first-order valence-electron chi connectivity index (χ1n) is 25.8. The number of rotatable bonds is 8. The minimum Gasteiger partial charge on any atom is -0.105 e. The Labute approximate surface area is 411 Å². The maximum absolute atomic E-state index is 2.51. The summed E-state index contributed by atoms with van der Waals surface area (Å²) in [5, 5.41) is 11.8. The molecule has 7 aromatic rings. The van der Waals surface area contributed by atoms with Gasteiger partial charge in [0, 0.05) is 19.8 Å². The number of hydrogen-bond acceptors (Lipinski definition) is 0. The molecule has 7 rings (SSSR count). The van der Waals surface area contributed by atoms with Gasteiger partial charge in [-0.25, -0.2) is 0 Å². The van der Waals surface area contributed by atoms with Crippen molar-refractivity contribution in [2.24, 2.45) is 0 Å². The van der Waals surface area contributed by atoms with E-state index in [1.54, 1.807) is 21.8 Å². The van der Waals surface area contributed by atoms with Gasteiger partial charge in [-0.1, -0.05) is 22.0 Å². The Bertz CT molecular complexity index is 3280. The highest BCUT2D eigenvalue weighted by atomic mass is 14.3. The lowest BCUT2D eigenvalue weighted by molar-refractivity contribution is 1.22. The van der Waals surface area contributed by atoms with Crippen LogP contribution in [-0.4, -0.2) is 102 Å². The zero-order valence-corrected chi connectivity index (χ0v) is 46.7. The quantitative estimate of drug-likeness (QED) is 0.162. The molecule has 0 atom stereocenters. The van der Waals surface area contributed by atoms with Crippen molar-refractivity contribution in [1.82, 2.24) is 0 Å². The van der Waals surface area contributed by atoms with Gasteiger partial charge < -0.3 is 0 Å². The molecule has 0 fully saturated rings. The van der Waals surface area contributed by atoms with Gasteiger partial charge in [0.2, 0.25) is 0 Å². The summed E-state index contributed by atoms with van der Waals surface area (Å²) in [4.78, 5) is 0. The average Bonchev–Trinajstić information content (AvgIpc) is 3.27. The summed E-state index contributed by atoms with van der Waals surface area (Å²) in [5.41, 5.74) is 37.9. The van der Waals surface area contributed by atoms with Crippen molar-refractivity contribution >= 4 is 167 Å². The first kappa shape index (κ1) is 50.4. The summed E-state index contributed by atoms with van der Waals surface area (Å²) in [6.07, 6.45) is 1.09. The van der Waals surface area contributed by atoms with Gasteiger partial charge in [0.1, 0.15) is 21.5 Å². The Balaban J connectivity index is 1.97. The summed E-state index contributed by atoms with van der Waals surface area (Å²) >= 11 is 0. The molecule has 0 heterocycles. The first-order chi connectivity index (χ1) is 30.8. The van der Waals surface area contributed by atoms with E-state index in [2.05, 4.69) is 187 Å². The molecule has 0 amide bonds. The Morgan fingerprint density at radius 2 is 0.636 bits per heavy atom. The molecule has 0 bridgehead atoms. The third-order valence-electron chi connectivity index (χ3n) is 19.0. The van der Waals surface area contributed by atoms with Crippen LogP contribution in [0, 0.1) is 125 Å². The highest BCUT2D eigenvalue weighted by Gasteiger charge is 2.36. The van der Waals surface area contributed by atoms with E-state index in [9.17, 15) is 0 Å². The summed E-state index contributed by atoms with van der Waals surface area (Å²) in [6, 6.07) is 0. The summed E-state index contributed by atoms with van der Waals surface area (Å²) in [7, 11) is 21.9. The maximum Gasteiger partial charge on any atom is 0.139 e. The molecule has 0 radical (unpaired) electrons. The average molecular weight is 849 g/mol. The minimum atomic E-state index is 0.339. The smallest absolute Gasteiger partial charge is 0.105 e. The molecular formula is C52H72B14. The molecule has 0 saturated heterocycles. The molecule has 322 valence electrons. The third kappa shape index (κ3) is 6.87. The topological polar surface area (TPSA) is 0 Å². The van der Waals surface area contributed by atoms with E-state index in [1.807, 2.05) is 0 Å². The van der Waals surface area contributed by atoms with Crippen LogP contribution in [0.15, 0.2) is 0 Å². The van der Waals surface area contributed by atoms with Gasteiger partial charge in [0.15, 0.2) is 0 Å². The number of fused-ring (bicyclic) bond motifs is 4. The molecule has 0 N–H and O–H groups in total. The monoisotopic (exact) mass is 851 g/mol. The standard InChI is InChI=1S/C52H72B14/c1-19-21(3)29(11)39-37(26(19)8)28(10)23(5)31(13)41(39)46-40-30(12)22(4)20(2)27(9)38(40)36(18)45-42(46)32(14)24(6)33(15)43(45)47-44-34(16)25(7)35(17)51(64(65(58)59)66(60)62-55)48(44)49(53)50(61-54)52(47)63(56)57/h61-62H,53-60H2,1-18H3. The third-order valence-corrected chi connectivity index (χ3v) is 19.0. The highest BCUT2D eigenvalue weighted by Crippen LogP contribution is 2.53. The molecule has 14 heteroatoms. The van der Waals surface area contributed by atoms with Gasteiger partial charge >= 0.3 is 0 Å². The maximum atomic E-state index is 2.51. The molecule has 0 aromatic heterocycles. The minimum absolute atomic E-state index is 0.339. The molecule has 7 aromatic carbocycles. The van der Waals surface area contributed by atoms with E-state index in [0.29, 0.717) is 25.8 Å². The second-order valence-electron chi connectivity index (χ2n) is 22.3. The van der Waals surface area contributed by atoms with Gasteiger partial charge in [-0.05, 0) is 285 Å². The Hall–Kier alpha value is -3.51. The first-order valence-corrected chi connectivity index (χ1v) is 25.8. The van der Waals surface area contributed by atoms with Crippen molar-refractivity contribution in [1.29, 1.82) is 0 Å². The van der Waals surface area contributed by atoms with E-state index >= 15 is 0 Å². The number of aryl methyl sites for hydroxylation is 8. The van der Waals surface area contributed by atoms with Crippen LogP contribution in [0.4, 0.5) is 0 Å². The van der Waals surface area contributed by atoms with Crippen molar-refractivity contribution < 1.29 is 0 Å². The van der Waals surface area contributed by atoms with E-state index in [4.69, 9.17) is 0 Å². The Kier molecular flexibility index (Phi) is 13.6. The fourth-order valence-electron chi connectivity index (χ4n) is 13.8. The molecule has 0 aliphatic carbocycles. The van der Waals surface area contributed by atoms with Crippen molar-refractivity contribution in [2.75, 3.05) is 0 Å². The van der Waals surface area contributed by atoms with Crippen molar-refractivity contribution in [2.45, 2.75) is 125 Å². The fourth-order valence-corrected chi connectivity index (χ4v) is 13.8. The van der Waals surface area contributed by atoms with E-state index in [-0.39, 0.29) is 0 Å². The number of hydrogen-bond donors (Lipinski definition) is 0. The highest BCUT2D eigenvalue weighted by molar-refractivity contribution is 7.87. The lowest BCUT2D eigenvalue weighted by Crippen LogP contribution is -2.63. The van der Waals surface area contributed by atoms with Crippen LogP contribution in [0.2, 0.25) is 0 Å². The van der Waals surface area contributed by atoms with Crippen LogP contribution < -0.4 is 21.9 Å². The molecule has 0 aliphatic heterocycles. The molecule has 0 spiro atoms. The summed E-state index contributed by atoms with van der Waals surface area (Å²) < 4.78 is 0. The molecule has 0 nitrogen and oxygen atoms in total. The number of benzene rings is 7. The van der Waals surface area contributed by atoms with Gasteiger partial charge in [0.05, 0.1) is 60.7 Å². The van der Waals surface area contributed by atoms with Crippen LogP contribution in [0.5, 0.6) is 0 Å². The van der Waals surface area contributed by atoms with Crippen molar-refractivity contribution in [3.05, 3.63) is 100 Å². The Morgan fingerprint density at radius 3 is 1.03 bits per heavy atom. The van der Waals surface area contributed by atoms with Crippen molar-refractivity contribution in [3.8, 4) is 22.3 Å². The van der Waals surface area contributed by atoms with Crippen LogP contribution in [-0.2, 0) is 0 Å². The molecule has 0 saturated carbocycles. The zero-order valence-electron chi connectivity index (χ0n) is 46.7. The fraction of sp³-hybridized carbons (Fsp3) is 0.346. The van der Waals surface area contributed by atoms with Crippen molar-refractivity contribution in [3.63, 3.8) is 0 Å². The zero-order chi connectivity index (χ0) is 49.4. The summed E-state index contributed by atoms with van der Waals surface area (Å²) in [6.45, 7) is 44.4. The lowest BCUT2D eigenvalue weighted by Gasteiger charge is -2.34. The largest absolute Gasteiger partial charge is 0.139 e. The second kappa shape index (κ2) is 17.8. The molecular weight excluding hydrogens is 776 g/mol. The molecule has 0 unspecified atom stereocenters. The second-order valence-corrected chi connectivity index (χ2v) is 22.3. The predicted octanol–water partition coefficient (Wildman–Crippen LogP) is 1.73. The van der Waals surface area contributed by atoms with Gasteiger partial charge in [-0.3, -0.25) is 0 Å². The van der Waals surface area contributed by atoms with E-state index in [1.165, 1.54) is 173 Å². The van der Waals surface area contributed by atoms with Crippen LogP contribution in [0.25, 0.3) is 65.3 Å². The lowest BCUT2D eigenvalue weighted by atomic mass is 8.68. The summed E-state index contributed by atoms with van der Waals surface area (Å²) in [5.74, 6) is 0.